The van der Waals surface area contributed by atoms with E-state index >= 15 is 0 Å². The molecule has 0 bridgehead atoms. The fourth-order valence-corrected chi connectivity index (χ4v) is 5.20. The molecule has 1 aromatic rings. The normalized spacial score (nSPS) is 33.4. The maximum atomic E-state index is 10.5. The molecule has 0 aromatic heterocycles. The Balaban J connectivity index is 2.12. The van der Waals surface area contributed by atoms with Crippen LogP contribution in [0.15, 0.2) is 12.1 Å². The summed E-state index contributed by atoms with van der Waals surface area (Å²) in [5.41, 5.74) is 3.81. The van der Waals surface area contributed by atoms with Crippen LogP contribution in [-0.2, 0) is 11.8 Å². The highest BCUT2D eigenvalue weighted by Crippen LogP contribution is 2.57. The molecule has 2 heteroatoms. The summed E-state index contributed by atoms with van der Waals surface area (Å²) >= 11 is 0. The lowest BCUT2D eigenvalue weighted by Gasteiger charge is -2.56. The summed E-state index contributed by atoms with van der Waals surface area (Å²) in [4.78, 5) is 0. The van der Waals surface area contributed by atoms with Crippen LogP contribution >= 0.6 is 0 Å². The van der Waals surface area contributed by atoms with Crippen molar-refractivity contribution >= 4 is 0 Å². The molecule has 2 unspecified atom stereocenters. The summed E-state index contributed by atoms with van der Waals surface area (Å²) in [6.45, 7) is 11.0. The molecule has 0 radical (unpaired) electrons. The van der Waals surface area contributed by atoms with Gasteiger partial charge in [-0.1, -0.05) is 40.7 Å². The second kappa shape index (κ2) is 4.99. The van der Waals surface area contributed by atoms with Crippen LogP contribution in [0, 0.1) is 11.3 Å². The molecular weight excluding hydrogens is 272 g/mol. The van der Waals surface area contributed by atoms with Gasteiger partial charge in [-0.2, -0.15) is 0 Å². The second-order valence-electron chi connectivity index (χ2n) is 8.61. The number of aliphatic hydroxyl groups excluding tert-OH is 1. The number of hydrogen-bond donors (Lipinski definition) is 2. The van der Waals surface area contributed by atoms with Crippen LogP contribution in [0.4, 0.5) is 0 Å². The Bertz CT molecular complexity index is 588. The standard InChI is InChI=1S/C20H30O2/c1-12(2)14-10-13-6-7-17-19(3,4)18(22)8-9-20(17,5)15(13)11-16(14)21/h10-12,17-18,21-22H,6-9H2,1-5H3/t17?,18?,20-/m1/s1. The fraction of sp³-hybridized carbons (Fsp3) is 0.700. The molecule has 3 rings (SSSR count). The van der Waals surface area contributed by atoms with Gasteiger partial charge in [-0.25, -0.2) is 0 Å². The largest absolute Gasteiger partial charge is 0.508 e. The van der Waals surface area contributed by atoms with Gasteiger partial charge in [-0.3, -0.25) is 0 Å². The van der Waals surface area contributed by atoms with E-state index in [4.69, 9.17) is 0 Å². The van der Waals surface area contributed by atoms with Gasteiger partial charge in [0.05, 0.1) is 6.10 Å². The van der Waals surface area contributed by atoms with E-state index in [1.54, 1.807) is 0 Å². The van der Waals surface area contributed by atoms with E-state index in [1.165, 1.54) is 11.1 Å². The Morgan fingerprint density at radius 3 is 2.45 bits per heavy atom. The van der Waals surface area contributed by atoms with E-state index < -0.39 is 0 Å². The van der Waals surface area contributed by atoms with Gasteiger partial charge in [0.2, 0.25) is 0 Å². The van der Waals surface area contributed by atoms with Gasteiger partial charge in [-0.15, -0.1) is 0 Å². The second-order valence-corrected chi connectivity index (χ2v) is 8.61. The molecule has 2 N–H and O–H groups in total. The molecule has 2 aliphatic carbocycles. The van der Waals surface area contributed by atoms with Crippen molar-refractivity contribution in [3.05, 3.63) is 28.8 Å². The molecule has 1 saturated carbocycles. The predicted octanol–water partition coefficient (Wildman–Crippen LogP) is 4.52. The van der Waals surface area contributed by atoms with Crippen molar-refractivity contribution in [2.75, 3.05) is 0 Å². The lowest BCUT2D eigenvalue weighted by Crippen LogP contribution is -2.53. The predicted molar refractivity (Wildman–Crippen MR) is 90.4 cm³/mol. The fourth-order valence-electron chi connectivity index (χ4n) is 5.20. The first-order valence-electron chi connectivity index (χ1n) is 8.72. The molecule has 22 heavy (non-hydrogen) atoms. The number of phenolic OH excluding ortho intramolecular Hbond substituents is 1. The quantitative estimate of drug-likeness (QED) is 0.801. The summed E-state index contributed by atoms with van der Waals surface area (Å²) in [7, 11) is 0. The Hall–Kier alpha value is -1.02. The Labute approximate surface area is 134 Å². The SMILES string of the molecule is CC(C)c1cc2c(cc1O)[C@@]1(C)CCC(O)C(C)(C)C1CC2. The van der Waals surface area contributed by atoms with Crippen LogP contribution in [0.1, 0.15) is 76.5 Å². The maximum absolute atomic E-state index is 10.5. The highest BCUT2D eigenvalue weighted by molar-refractivity contribution is 5.48. The zero-order valence-electron chi connectivity index (χ0n) is 14.6. The zero-order valence-corrected chi connectivity index (χ0v) is 14.6. The van der Waals surface area contributed by atoms with E-state index in [0.717, 1.165) is 31.2 Å². The highest BCUT2D eigenvalue weighted by atomic mass is 16.3. The summed E-state index contributed by atoms with van der Waals surface area (Å²) in [5, 5.41) is 20.9. The first-order valence-corrected chi connectivity index (χ1v) is 8.72. The summed E-state index contributed by atoms with van der Waals surface area (Å²) in [6.07, 6.45) is 3.85. The molecule has 3 atom stereocenters. The third-order valence-electron chi connectivity index (χ3n) is 6.66. The first-order chi connectivity index (χ1) is 10.2. The van der Waals surface area contributed by atoms with E-state index in [-0.39, 0.29) is 16.9 Å². The Morgan fingerprint density at radius 2 is 1.82 bits per heavy atom. The van der Waals surface area contributed by atoms with Crippen molar-refractivity contribution in [3.63, 3.8) is 0 Å². The Morgan fingerprint density at radius 1 is 1.14 bits per heavy atom. The molecule has 2 nitrogen and oxygen atoms in total. The van der Waals surface area contributed by atoms with Crippen molar-refractivity contribution in [3.8, 4) is 5.75 Å². The minimum atomic E-state index is -0.212. The summed E-state index contributed by atoms with van der Waals surface area (Å²) in [6, 6.07) is 4.26. The average Bonchev–Trinajstić information content (AvgIpc) is 2.43. The molecule has 0 saturated heterocycles. The average molecular weight is 302 g/mol. The van der Waals surface area contributed by atoms with Gasteiger partial charge in [0.15, 0.2) is 0 Å². The number of benzene rings is 1. The molecule has 0 aliphatic heterocycles. The van der Waals surface area contributed by atoms with Crippen molar-refractivity contribution in [2.24, 2.45) is 11.3 Å². The minimum Gasteiger partial charge on any atom is -0.508 e. The topological polar surface area (TPSA) is 40.5 Å². The first kappa shape index (κ1) is 15.9. The van der Waals surface area contributed by atoms with Crippen molar-refractivity contribution in [1.82, 2.24) is 0 Å². The summed E-state index contributed by atoms with van der Waals surface area (Å²) < 4.78 is 0. The van der Waals surface area contributed by atoms with Crippen molar-refractivity contribution in [2.45, 2.75) is 77.7 Å². The lowest BCUT2D eigenvalue weighted by atomic mass is 9.49. The number of aryl methyl sites for hydroxylation is 1. The number of aromatic hydroxyl groups is 1. The van der Waals surface area contributed by atoms with Crippen LogP contribution in [0.3, 0.4) is 0 Å². The Kier molecular flexibility index (Phi) is 3.60. The van der Waals surface area contributed by atoms with Gasteiger partial charge in [-0.05, 0) is 71.1 Å². The van der Waals surface area contributed by atoms with E-state index in [0.29, 0.717) is 17.6 Å². The van der Waals surface area contributed by atoms with Crippen LogP contribution in [0.2, 0.25) is 0 Å². The molecule has 0 amide bonds. The van der Waals surface area contributed by atoms with Gasteiger partial charge in [0, 0.05) is 0 Å². The molecule has 0 spiro atoms. The van der Waals surface area contributed by atoms with Crippen LogP contribution in [-0.4, -0.2) is 16.3 Å². The lowest BCUT2D eigenvalue weighted by molar-refractivity contribution is -0.0731. The zero-order chi connectivity index (χ0) is 16.3. The molecule has 2 aliphatic rings. The van der Waals surface area contributed by atoms with Crippen molar-refractivity contribution in [1.29, 1.82) is 0 Å². The summed E-state index contributed by atoms with van der Waals surface area (Å²) in [5.74, 6) is 1.26. The maximum Gasteiger partial charge on any atom is 0.119 e. The van der Waals surface area contributed by atoms with Gasteiger partial charge in [0.1, 0.15) is 5.75 Å². The van der Waals surface area contributed by atoms with Gasteiger partial charge in [0.25, 0.3) is 0 Å². The smallest absolute Gasteiger partial charge is 0.119 e. The third kappa shape index (κ3) is 2.11. The van der Waals surface area contributed by atoms with Crippen LogP contribution < -0.4 is 0 Å². The van der Waals surface area contributed by atoms with Gasteiger partial charge < -0.3 is 10.2 Å². The number of rotatable bonds is 1. The number of hydrogen-bond acceptors (Lipinski definition) is 2. The molecular formula is C20H30O2. The monoisotopic (exact) mass is 302 g/mol. The van der Waals surface area contributed by atoms with E-state index in [1.807, 2.05) is 6.07 Å². The van der Waals surface area contributed by atoms with E-state index in [9.17, 15) is 10.2 Å². The number of fused-ring (bicyclic) bond motifs is 3. The number of phenols is 1. The van der Waals surface area contributed by atoms with Crippen LogP contribution in [0.5, 0.6) is 5.75 Å². The van der Waals surface area contributed by atoms with Crippen molar-refractivity contribution < 1.29 is 10.2 Å². The minimum absolute atomic E-state index is 0.0585. The molecule has 1 aromatic carbocycles. The van der Waals surface area contributed by atoms with Gasteiger partial charge >= 0.3 is 0 Å². The highest BCUT2D eigenvalue weighted by Gasteiger charge is 2.53. The molecule has 1 fully saturated rings. The van der Waals surface area contributed by atoms with E-state index in [2.05, 4.69) is 40.7 Å². The number of aliphatic hydroxyl groups is 1. The third-order valence-corrected chi connectivity index (χ3v) is 6.66. The molecule has 0 heterocycles. The van der Waals surface area contributed by atoms with Crippen LogP contribution in [0.25, 0.3) is 0 Å². The molecule has 122 valence electrons.